The normalized spacial score (nSPS) is 15.5. The molecule has 1 fully saturated rings. The number of methoxy groups -OCH3 is 2. The Bertz CT molecular complexity index is 1410. The number of hydrogen-bond acceptors (Lipinski definition) is 8. The Balaban J connectivity index is 1.38. The van der Waals surface area contributed by atoms with Gasteiger partial charge in [0.15, 0.2) is 11.5 Å². The van der Waals surface area contributed by atoms with Crippen molar-refractivity contribution in [2.24, 2.45) is 7.05 Å². The van der Waals surface area contributed by atoms with E-state index in [1.807, 2.05) is 18.2 Å². The van der Waals surface area contributed by atoms with E-state index in [2.05, 4.69) is 44.5 Å². The SMILES string of the molecule is COc1ccc(-c2ccc([C@H]3CN(c4nc(-c5ccncn5)cc(=O)n4C)CCN3)cc2)cc1OC. The average molecular weight is 485 g/mol. The average Bonchev–Trinajstić information content (AvgIpc) is 2.94. The number of aromatic nitrogens is 4. The van der Waals surface area contributed by atoms with Gasteiger partial charge in [-0.15, -0.1) is 0 Å². The lowest BCUT2D eigenvalue weighted by molar-refractivity contribution is 0.355. The summed E-state index contributed by atoms with van der Waals surface area (Å²) in [4.78, 5) is 27.9. The number of ether oxygens (including phenoxy) is 2. The highest BCUT2D eigenvalue weighted by Gasteiger charge is 2.24. The van der Waals surface area contributed by atoms with Crippen LogP contribution in [0.15, 0.2) is 71.9 Å². The molecule has 36 heavy (non-hydrogen) atoms. The predicted octanol–water partition coefficient (Wildman–Crippen LogP) is 3.07. The molecule has 0 saturated carbocycles. The third-order valence-electron chi connectivity index (χ3n) is 6.44. The molecule has 0 bridgehead atoms. The Hall–Kier alpha value is -4.24. The minimum Gasteiger partial charge on any atom is -0.493 e. The number of nitrogens with one attached hydrogen (secondary N) is 1. The van der Waals surface area contributed by atoms with E-state index in [1.165, 1.54) is 18.0 Å². The molecule has 1 atom stereocenters. The molecule has 0 spiro atoms. The molecule has 9 heteroatoms. The van der Waals surface area contributed by atoms with E-state index in [0.29, 0.717) is 35.4 Å². The zero-order chi connectivity index (χ0) is 25.1. The molecule has 184 valence electrons. The number of nitrogens with zero attached hydrogens (tertiary/aromatic N) is 5. The van der Waals surface area contributed by atoms with E-state index in [4.69, 9.17) is 14.5 Å². The Morgan fingerprint density at radius 2 is 1.72 bits per heavy atom. The topological polar surface area (TPSA) is 94.4 Å². The summed E-state index contributed by atoms with van der Waals surface area (Å²) in [5.74, 6) is 2.03. The van der Waals surface area contributed by atoms with Gasteiger partial charge in [0.25, 0.3) is 5.56 Å². The number of anilines is 1. The summed E-state index contributed by atoms with van der Waals surface area (Å²) in [6.45, 7) is 2.20. The molecule has 1 saturated heterocycles. The van der Waals surface area contributed by atoms with Crippen molar-refractivity contribution in [1.29, 1.82) is 0 Å². The van der Waals surface area contributed by atoms with E-state index in [1.54, 1.807) is 38.1 Å². The zero-order valence-corrected chi connectivity index (χ0v) is 20.5. The summed E-state index contributed by atoms with van der Waals surface area (Å²) < 4.78 is 12.4. The van der Waals surface area contributed by atoms with Crippen molar-refractivity contribution < 1.29 is 9.47 Å². The minimum atomic E-state index is -0.122. The van der Waals surface area contributed by atoms with E-state index in [-0.39, 0.29) is 11.6 Å². The van der Waals surface area contributed by atoms with Crippen LogP contribution in [0.1, 0.15) is 11.6 Å². The summed E-state index contributed by atoms with van der Waals surface area (Å²) in [5.41, 5.74) is 4.36. The number of piperazine rings is 1. The second-order valence-corrected chi connectivity index (χ2v) is 8.58. The highest BCUT2D eigenvalue weighted by atomic mass is 16.5. The molecule has 0 amide bonds. The third-order valence-corrected chi connectivity index (χ3v) is 6.44. The van der Waals surface area contributed by atoms with Crippen LogP contribution >= 0.6 is 0 Å². The Morgan fingerprint density at radius 1 is 0.944 bits per heavy atom. The molecule has 0 radical (unpaired) electrons. The maximum Gasteiger partial charge on any atom is 0.255 e. The molecule has 4 aromatic rings. The van der Waals surface area contributed by atoms with Gasteiger partial charge in [0.05, 0.1) is 25.6 Å². The van der Waals surface area contributed by atoms with Gasteiger partial charge in [0.1, 0.15) is 6.33 Å². The standard InChI is InChI=1S/C27H28N6O3/c1-32-26(34)15-22(21-10-11-28-17-30-21)31-27(32)33-13-12-29-23(16-33)19-6-4-18(5-7-19)20-8-9-24(35-2)25(14-20)36-3/h4-11,14-15,17,23,29H,12-13,16H2,1-3H3/t23-/m1/s1. The van der Waals surface area contributed by atoms with Crippen LogP contribution in [-0.4, -0.2) is 53.4 Å². The first kappa shape index (κ1) is 23.5. The van der Waals surface area contributed by atoms with Crippen molar-refractivity contribution in [3.8, 4) is 34.0 Å². The predicted molar refractivity (Wildman–Crippen MR) is 138 cm³/mol. The first-order valence-corrected chi connectivity index (χ1v) is 11.7. The largest absolute Gasteiger partial charge is 0.493 e. The van der Waals surface area contributed by atoms with Crippen LogP contribution in [0.5, 0.6) is 11.5 Å². The Labute approximate surface area is 209 Å². The smallest absolute Gasteiger partial charge is 0.255 e. The zero-order valence-electron chi connectivity index (χ0n) is 20.5. The number of rotatable bonds is 6. The Morgan fingerprint density at radius 3 is 2.44 bits per heavy atom. The summed E-state index contributed by atoms with van der Waals surface area (Å²) in [7, 11) is 5.02. The lowest BCUT2D eigenvalue weighted by atomic mass is 9.99. The van der Waals surface area contributed by atoms with E-state index in [0.717, 1.165) is 24.2 Å². The lowest BCUT2D eigenvalue weighted by Gasteiger charge is -2.35. The van der Waals surface area contributed by atoms with Crippen molar-refractivity contribution in [1.82, 2.24) is 24.8 Å². The van der Waals surface area contributed by atoms with Gasteiger partial charge in [0, 0.05) is 45.0 Å². The molecule has 2 aromatic heterocycles. The summed E-state index contributed by atoms with van der Waals surface area (Å²) in [5, 5.41) is 3.59. The number of hydrogen-bond donors (Lipinski definition) is 1. The molecule has 9 nitrogen and oxygen atoms in total. The van der Waals surface area contributed by atoms with E-state index in [9.17, 15) is 4.79 Å². The van der Waals surface area contributed by atoms with Crippen molar-refractivity contribution in [3.63, 3.8) is 0 Å². The van der Waals surface area contributed by atoms with E-state index < -0.39 is 0 Å². The van der Waals surface area contributed by atoms with Crippen LogP contribution in [0.3, 0.4) is 0 Å². The maximum absolute atomic E-state index is 12.7. The summed E-state index contributed by atoms with van der Waals surface area (Å²) in [6, 6.07) is 17.8. The maximum atomic E-state index is 12.7. The van der Waals surface area contributed by atoms with Crippen molar-refractivity contribution >= 4 is 5.95 Å². The highest BCUT2D eigenvalue weighted by Crippen LogP contribution is 2.33. The number of benzene rings is 2. The van der Waals surface area contributed by atoms with Crippen molar-refractivity contribution in [2.45, 2.75) is 6.04 Å². The summed E-state index contributed by atoms with van der Waals surface area (Å²) >= 11 is 0. The molecule has 0 aliphatic carbocycles. The van der Waals surface area contributed by atoms with Gasteiger partial charge in [-0.25, -0.2) is 15.0 Å². The van der Waals surface area contributed by atoms with Crippen molar-refractivity contribution in [2.75, 3.05) is 38.8 Å². The van der Waals surface area contributed by atoms with Crippen LogP contribution < -0.4 is 25.2 Å². The van der Waals surface area contributed by atoms with Gasteiger partial charge in [-0.05, 0) is 34.9 Å². The van der Waals surface area contributed by atoms with Gasteiger partial charge in [-0.3, -0.25) is 9.36 Å². The van der Waals surface area contributed by atoms with Crippen LogP contribution in [0.4, 0.5) is 5.95 Å². The first-order valence-electron chi connectivity index (χ1n) is 11.7. The van der Waals surface area contributed by atoms with Gasteiger partial charge >= 0.3 is 0 Å². The molecule has 1 aliphatic heterocycles. The molecule has 1 aliphatic rings. The van der Waals surface area contributed by atoms with Crippen LogP contribution in [0, 0.1) is 0 Å². The highest BCUT2D eigenvalue weighted by molar-refractivity contribution is 5.67. The fraction of sp³-hybridized carbons (Fsp3) is 0.259. The van der Waals surface area contributed by atoms with Gasteiger partial charge in [0.2, 0.25) is 5.95 Å². The van der Waals surface area contributed by atoms with Crippen LogP contribution in [0.2, 0.25) is 0 Å². The molecular weight excluding hydrogens is 456 g/mol. The van der Waals surface area contributed by atoms with Gasteiger partial charge in [-0.1, -0.05) is 30.3 Å². The molecular formula is C27H28N6O3. The fourth-order valence-electron chi connectivity index (χ4n) is 4.46. The van der Waals surface area contributed by atoms with Crippen LogP contribution in [0.25, 0.3) is 22.5 Å². The minimum absolute atomic E-state index is 0.0952. The second-order valence-electron chi connectivity index (χ2n) is 8.58. The van der Waals surface area contributed by atoms with Crippen LogP contribution in [-0.2, 0) is 7.05 Å². The quantitative estimate of drug-likeness (QED) is 0.446. The molecule has 3 heterocycles. The monoisotopic (exact) mass is 484 g/mol. The molecule has 1 N–H and O–H groups in total. The molecule has 0 unspecified atom stereocenters. The van der Waals surface area contributed by atoms with Gasteiger partial charge in [-0.2, -0.15) is 0 Å². The van der Waals surface area contributed by atoms with Crippen molar-refractivity contribution in [3.05, 3.63) is 83.0 Å². The first-order chi connectivity index (χ1) is 17.6. The van der Waals surface area contributed by atoms with Gasteiger partial charge < -0.3 is 19.7 Å². The third kappa shape index (κ3) is 4.65. The molecule has 2 aromatic carbocycles. The lowest BCUT2D eigenvalue weighted by Crippen LogP contribution is -2.47. The fourth-order valence-corrected chi connectivity index (χ4v) is 4.46. The summed E-state index contributed by atoms with van der Waals surface area (Å²) in [6.07, 6.45) is 3.11. The second kappa shape index (κ2) is 10.2. The molecule has 5 rings (SSSR count). The van der Waals surface area contributed by atoms with E-state index >= 15 is 0 Å². The Kier molecular flexibility index (Phi) is 6.64.